The zero-order chi connectivity index (χ0) is 16.8. The molecule has 0 unspecified atom stereocenters. The minimum absolute atomic E-state index is 0.105. The Morgan fingerprint density at radius 1 is 1.13 bits per heavy atom. The topological polar surface area (TPSA) is 63.7 Å². The third-order valence-corrected chi connectivity index (χ3v) is 3.54. The number of fused-ring (bicyclic) bond motifs is 1. The fourth-order valence-corrected chi connectivity index (χ4v) is 2.48. The zero-order valence-corrected chi connectivity index (χ0v) is 12.6. The standard InChI is InChI=1S/C15H13F3N4O/c1-7-4-9(15(16,17)18)5-11(23-3)12(7)13-8(2)20-10-6-19-22-14(10)21-13/h4-6H,1-3H3,(H,19,21,22). The lowest BCUT2D eigenvalue weighted by Crippen LogP contribution is -2.07. The molecule has 0 aliphatic heterocycles. The number of hydrogen-bond donors (Lipinski definition) is 1. The minimum Gasteiger partial charge on any atom is -0.496 e. The van der Waals surface area contributed by atoms with Crippen molar-refractivity contribution in [3.63, 3.8) is 0 Å². The molecule has 3 aromatic rings. The Kier molecular flexibility index (Phi) is 3.46. The Balaban J connectivity index is 2.27. The monoisotopic (exact) mass is 322 g/mol. The molecule has 3 rings (SSSR count). The number of halogens is 3. The van der Waals surface area contributed by atoms with Crippen molar-refractivity contribution in [1.29, 1.82) is 0 Å². The van der Waals surface area contributed by atoms with Crippen molar-refractivity contribution in [2.24, 2.45) is 0 Å². The third kappa shape index (κ3) is 2.60. The number of aromatic amines is 1. The molecule has 0 atom stereocenters. The highest BCUT2D eigenvalue weighted by Crippen LogP contribution is 2.39. The van der Waals surface area contributed by atoms with E-state index in [0.717, 1.165) is 12.1 Å². The van der Waals surface area contributed by atoms with Crippen LogP contribution in [0.25, 0.3) is 22.4 Å². The number of H-pyrrole nitrogens is 1. The zero-order valence-electron chi connectivity index (χ0n) is 12.6. The predicted molar refractivity (Wildman–Crippen MR) is 78.1 cm³/mol. The molecule has 0 aliphatic carbocycles. The molecule has 1 N–H and O–H groups in total. The van der Waals surface area contributed by atoms with Crippen LogP contribution in [0.3, 0.4) is 0 Å². The lowest BCUT2D eigenvalue weighted by molar-refractivity contribution is -0.137. The highest BCUT2D eigenvalue weighted by molar-refractivity contribution is 5.79. The van der Waals surface area contributed by atoms with E-state index in [2.05, 4.69) is 20.2 Å². The van der Waals surface area contributed by atoms with Crippen LogP contribution in [0.5, 0.6) is 5.75 Å². The summed E-state index contributed by atoms with van der Waals surface area (Å²) in [5.74, 6) is 0.105. The van der Waals surface area contributed by atoms with Crippen LogP contribution in [0.2, 0.25) is 0 Å². The highest BCUT2D eigenvalue weighted by atomic mass is 19.4. The van der Waals surface area contributed by atoms with Crippen molar-refractivity contribution >= 4 is 11.2 Å². The maximum atomic E-state index is 13.0. The predicted octanol–water partition coefficient (Wildman–Crippen LogP) is 3.66. The summed E-state index contributed by atoms with van der Waals surface area (Å²) in [5, 5.41) is 6.56. The molecule has 0 aliphatic rings. The molecule has 0 spiro atoms. The van der Waals surface area contributed by atoms with Crippen LogP contribution in [-0.2, 0) is 6.18 Å². The lowest BCUT2D eigenvalue weighted by atomic mass is 9.99. The first-order valence-corrected chi connectivity index (χ1v) is 6.75. The molecule has 0 amide bonds. The second-order valence-electron chi connectivity index (χ2n) is 5.13. The van der Waals surface area contributed by atoms with Crippen LogP contribution < -0.4 is 4.74 Å². The van der Waals surface area contributed by atoms with Crippen molar-refractivity contribution in [3.05, 3.63) is 35.2 Å². The molecule has 0 saturated carbocycles. The number of alkyl halides is 3. The number of nitrogens with one attached hydrogen (secondary N) is 1. The van der Waals surface area contributed by atoms with Gasteiger partial charge >= 0.3 is 6.18 Å². The van der Waals surface area contributed by atoms with Crippen LogP contribution in [0.1, 0.15) is 16.8 Å². The maximum Gasteiger partial charge on any atom is 0.416 e. The van der Waals surface area contributed by atoms with Crippen LogP contribution in [0.15, 0.2) is 18.3 Å². The Bertz CT molecular complexity index is 886. The number of hydrogen-bond acceptors (Lipinski definition) is 4. The van der Waals surface area contributed by atoms with Gasteiger partial charge in [-0.2, -0.15) is 18.3 Å². The van der Waals surface area contributed by atoms with Gasteiger partial charge in [0.1, 0.15) is 11.3 Å². The van der Waals surface area contributed by atoms with Crippen molar-refractivity contribution in [2.45, 2.75) is 20.0 Å². The van der Waals surface area contributed by atoms with Crippen LogP contribution >= 0.6 is 0 Å². The first-order valence-electron chi connectivity index (χ1n) is 6.75. The summed E-state index contributed by atoms with van der Waals surface area (Å²) in [5.41, 5.74) is 2.24. The first kappa shape index (κ1) is 15.3. The van der Waals surface area contributed by atoms with Crippen molar-refractivity contribution in [1.82, 2.24) is 20.2 Å². The molecule has 0 fully saturated rings. The molecule has 120 valence electrons. The van der Waals surface area contributed by atoms with Gasteiger partial charge in [-0.05, 0) is 31.5 Å². The molecular formula is C15H13F3N4O. The summed E-state index contributed by atoms with van der Waals surface area (Å²) in [6.45, 7) is 3.33. The number of methoxy groups -OCH3 is 1. The number of benzene rings is 1. The van der Waals surface area contributed by atoms with Crippen LogP contribution in [0, 0.1) is 13.8 Å². The highest BCUT2D eigenvalue weighted by Gasteiger charge is 2.32. The summed E-state index contributed by atoms with van der Waals surface area (Å²) in [7, 11) is 1.33. The van der Waals surface area contributed by atoms with Gasteiger partial charge in [0.05, 0.1) is 30.3 Å². The van der Waals surface area contributed by atoms with Gasteiger partial charge in [0.15, 0.2) is 5.65 Å². The largest absolute Gasteiger partial charge is 0.496 e. The molecule has 0 saturated heterocycles. The lowest BCUT2D eigenvalue weighted by Gasteiger charge is -2.16. The molecule has 2 heterocycles. The van der Waals surface area contributed by atoms with Crippen LogP contribution in [-0.4, -0.2) is 27.3 Å². The van der Waals surface area contributed by atoms with Crippen molar-refractivity contribution < 1.29 is 17.9 Å². The Morgan fingerprint density at radius 3 is 2.52 bits per heavy atom. The van der Waals surface area contributed by atoms with Gasteiger partial charge in [-0.1, -0.05) is 0 Å². The van der Waals surface area contributed by atoms with E-state index < -0.39 is 11.7 Å². The number of rotatable bonds is 2. The average molecular weight is 322 g/mol. The molecule has 1 aromatic carbocycles. The van der Waals surface area contributed by atoms with Crippen molar-refractivity contribution in [2.75, 3.05) is 7.11 Å². The fourth-order valence-electron chi connectivity index (χ4n) is 2.48. The molecule has 0 bridgehead atoms. The average Bonchev–Trinajstić information content (AvgIpc) is 2.91. The summed E-state index contributed by atoms with van der Waals surface area (Å²) in [6.07, 6.45) is -2.90. The molecule has 0 radical (unpaired) electrons. The Labute approximate surface area is 129 Å². The summed E-state index contributed by atoms with van der Waals surface area (Å²) < 4.78 is 44.1. The number of ether oxygens (including phenoxy) is 1. The Morgan fingerprint density at radius 2 is 1.87 bits per heavy atom. The first-order chi connectivity index (χ1) is 10.8. The van der Waals surface area contributed by atoms with Gasteiger partial charge in [0.25, 0.3) is 0 Å². The third-order valence-electron chi connectivity index (χ3n) is 3.54. The molecule has 5 nitrogen and oxygen atoms in total. The maximum absolute atomic E-state index is 13.0. The second kappa shape index (κ2) is 5.22. The molecule has 23 heavy (non-hydrogen) atoms. The van der Waals surface area contributed by atoms with E-state index in [1.807, 2.05) is 0 Å². The molecular weight excluding hydrogens is 309 g/mol. The number of nitrogens with zero attached hydrogens (tertiary/aromatic N) is 3. The van der Waals surface area contributed by atoms with Crippen molar-refractivity contribution in [3.8, 4) is 17.0 Å². The van der Waals surface area contributed by atoms with E-state index in [0.29, 0.717) is 33.7 Å². The quantitative estimate of drug-likeness (QED) is 0.782. The summed E-state index contributed by atoms with van der Waals surface area (Å²) >= 11 is 0. The number of aromatic nitrogens is 4. The van der Waals surface area contributed by atoms with E-state index in [4.69, 9.17) is 4.74 Å². The SMILES string of the molecule is COc1cc(C(F)(F)F)cc(C)c1-c1nc2[nH]ncc2nc1C. The van der Waals surface area contributed by atoms with E-state index in [1.54, 1.807) is 13.8 Å². The van der Waals surface area contributed by atoms with Gasteiger partial charge in [0, 0.05) is 5.56 Å². The molecule has 2 aromatic heterocycles. The van der Waals surface area contributed by atoms with E-state index >= 15 is 0 Å². The smallest absolute Gasteiger partial charge is 0.416 e. The van der Waals surface area contributed by atoms with E-state index in [-0.39, 0.29) is 5.75 Å². The van der Waals surface area contributed by atoms with Gasteiger partial charge in [-0.3, -0.25) is 5.10 Å². The van der Waals surface area contributed by atoms with Gasteiger partial charge in [-0.25, -0.2) is 9.97 Å². The van der Waals surface area contributed by atoms with Gasteiger partial charge < -0.3 is 4.74 Å². The minimum atomic E-state index is -4.44. The van der Waals surface area contributed by atoms with E-state index in [1.165, 1.54) is 13.3 Å². The normalized spacial score (nSPS) is 11.9. The summed E-state index contributed by atoms with van der Waals surface area (Å²) in [4.78, 5) is 8.79. The molecule has 8 heteroatoms. The number of aryl methyl sites for hydroxylation is 2. The fraction of sp³-hybridized carbons (Fsp3) is 0.267. The van der Waals surface area contributed by atoms with Gasteiger partial charge in [0.2, 0.25) is 0 Å². The second-order valence-corrected chi connectivity index (χ2v) is 5.13. The summed E-state index contributed by atoms with van der Waals surface area (Å²) in [6, 6.07) is 2.05. The van der Waals surface area contributed by atoms with Gasteiger partial charge in [-0.15, -0.1) is 0 Å². The Hall–Kier alpha value is -2.64. The van der Waals surface area contributed by atoms with Crippen LogP contribution in [0.4, 0.5) is 13.2 Å². The van der Waals surface area contributed by atoms with E-state index in [9.17, 15) is 13.2 Å².